The van der Waals surface area contributed by atoms with Gasteiger partial charge in [0.2, 0.25) is 5.92 Å². The van der Waals surface area contributed by atoms with Gasteiger partial charge in [-0.15, -0.1) is 0 Å². The van der Waals surface area contributed by atoms with Gasteiger partial charge in [0.05, 0.1) is 6.54 Å². The first-order valence-corrected chi connectivity index (χ1v) is 11.1. The minimum Gasteiger partial charge on any atom is -0.430 e. The normalized spacial score (nSPS) is 14.1. The van der Waals surface area contributed by atoms with Crippen LogP contribution in [0, 0.1) is 0 Å². The van der Waals surface area contributed by atoms with E-state index >= 15 is 0 Å². The second-order valence-corrected chi connectivity index (χ2v) is 8.45. The topological polar surface area (TPSA) is 85.2 Å². The molecule has 0 saturated heterocycles. The van der Waals surface area contributed by atoms with Crippen molar-refractivity contribution in [3.05, 3.63) is 52.4 Å². The largest absolute Gasteiger partial charge is 0.430 e. The van der Waals surface area contributed by atoms with Crippen molar-refractivity contribution in [2.75, 3.05) is 18.9 Å². The highest BCUT2D eigenvalue weighted by Crippen LogP contribution is 2.28. The van der Waals surface area contributed by atoms with Crippen LogP contribution in [0.4, 0.5) is 14.6 Å². The highest BCUT2D eigenvalue weighted by molar-refractivity contribution is 6.30. The number of anilines is 1. The summed E-state index contributed by atoms with van der Waals surface area (Å²) in [5.74, 6) is -2.52. The van der Waals surface area contributed by atoms with Crippen LogP contribution in [0.5, 0.6) is 6.01 Å². The van der Waals surface area contributed by atoms with Gasteiger partial charge >= 0.3 is 6.01 Å². The van der Waals surface area contributed by atoms with E-state index in [4.69, 9.17) is 16.3 Å². The van der Waals surface area contributed by atoms with Crippen LogP contribution < -0.4 is 15.4 Å². The number of benzene rings is 1. The monoisotopic (exact) mass is 480 g/mol. The van der Waals surface area contributed by atoms with Crippen molar-refractivity contribution >= 4 is 29.1 Å². The van der Waals surface area contributed by atoms with Crippen molar-refractivity contribution in [2.24, 2.45) is 0 Å². The number of aromatic nitrogens is 2. The highest BCUT2D eigenvalue weighted by atomic mass is 35.5. The van der Waals surface area contributed by atoms with Crippen LogP contribution in [0.3, 0.4) is 0 Å². The maximum absolute atomic E-state index is 13.1. The molecular weight excluding hydrogens is 454 g/mol. The molecule has 0 bridgehead atoms. The molecule has 10 heteroatoms. The standard InChI is InChI=1S/C23H27ClF2N4O3/c1-23(25,26)11-4-12-28-21(32)19-20(27-2)29-22(33-18-6-3-5-17(31)13-18)30(19)14-15-7-9-16(24)10-8-15/h7-10,13,27H,3-6,11-12,14H2,1-2H3,(H,28,32). The average molecular weight is 481 g/mol. The molecule has 0 saturated carbocycles. The van der Waals surface area contributed by atoms with Gasteiger partial charge in [-0.25, -0.2) is 8.78 Å². The van der Waals surface area contributed by atoms with Crippen molar-refractivity contribution < 1.29 is 23.1 Å². The van der Waals surface area contributed by atoms with Gasteiger partial charge in [0.15, 0.2) is 17.3 Å². The Hall–Kier alpha value is -2.94. The van der Waals surface area contributed by atoms with Gasteiger partial charge in [-0.05, 0) is 37.5 Å². The summed E-state index contributed by atoms with van der Waals surface area (Å²) in [6.07, 6.45) is 2.99. The number of nitrogens with zero attached hydrogens (tertiary/aromatic N) is 2. The lowest BCUT2D eigenvalue weighted by Gasteiger charge is -2.16. The number of ketones is 1. The van der Waals surface area contributed by atoms with E-state index in [0.717, 1.165) is 12.5 Å². The van der Waals surface area contributed by atoms with E-state index in [1.165, 1.54) is 6.08 Å². The van der Waals surface area contributed by atoms with Gasteiger partial charge in [-0.1, -0.05) is 23.7 Å². The van der Waals surface area contributed by atoms with Gasteiger partial charge in [0.25, 0.3) is 5.91 Å². The Kier molecular flexibility index (Phi) is 8.07. The number of nitrogens with one attached hydrogen (secondary N) is 2. The summed E-state index contributed by atoms with van der Waals surface area (Å²) in [5, 5.41) is 6.16. The molecule has 3 rings (SSSR count). The Balaban J connectivity index is 1.90. The minimum atomic E-state index is -2.79. The van der Waals surface area contributed by atoms with Crippen molar-refractivity contribution in [2.45, 2.75) is 51.5 Å². The summed E-state index contributed by atoms with van der Waals surface area (Å²) in [7, 11) is 1.62. The summed E-state index contributed by atoms with van der Waals surface area (Å²) in [6, 6.07) is 7.26. The van der Waals surface area contributed by atoms with E-state index in [-0.39, 0.29) is 49.2 Å². The number of hydrogen-bond acceptors (Lipinski definition) is 5. The van der Waals surface area contributed by atoms with Gasteiger partial charge in [-0.3, -0.25) is 14.2 Å². The number of ether oxygens (including phenoxy) is 1. The summed E-state index contributed by atoms with van der Waals surface area (Å²) >= 11 is 5.99. The maximum atomic E-state index is 13.1. The smallest absolute Gasteiger partial charge is 0.304 e. The van der Waals surface area contributed by atoms with Crippen molar-refractivity contribution in [1.29, 1.82) is 0 Å². The molecule has 1 aromatic heterocycles. The molecule has 33 heavy (non-hydrogen) atoms. The summed E-state index contributed by atoms with van der Waals surface area (Å²) in [4.78, 5) is 29.2. The van der Waals surface area contributed by atoms with Crippen LogP contribution in [-0.4, -0.2) is 40.8 Å². The van der Waals surface area contributed by atoms with Crippen LogP contribution in [0.15, 0.2) is 36.1 Å². The van der Waals surface area contributed by atoms with Gasteiger partial charge in [0, 0.05) is 44.0 Å². The first kappa shape index (κ1) is 24.7. The van der Waals surface area contributed by atoms with Gasteiger partial charge < -0.3 is 15.4 Å². The molecule has 1 aromatic carbocycles. The van der Waals surface area contributed by atoms with Gasteiger partial charge in [0.1, 0.15) is 5.76 Å². The van der Waals surface area contributed by atoms with Crippen molar-refractivity contribution in [1.82, 2.24) is 14.9 Å². The maximum Gasteiger partial charge on any atom is 0.304 e. The number of rotatable bonds is 10. The van der Waals surface area contributed by atoms with E-state index in [9.17, 15) is 18.4 Å². The number of carbonyl (C=O) groups is 2. The number of alkyl halides is 2. The van der Waals surface area contributed by atoms with E-state index in [1.54, 1.807) is 23.7 Å². The second-order valence-electron chi connectivity index (χ2n) is 8.02. The number of allylic oxidation sites excluding steroid dienone is 2. The van der Waals surface area contributed by atoms with Crippen LogP contribution in [0.1, 0.15) is 55.1 Å². The molecule has 0 aliphatic heterocycles. The number of halogens is 3. The highest BCUT2D eigenvalue weighted by Gasteiger charge is 2.26. The predicted octanol–water partition coefficient (Wildman–Crippen LogP) is 4.81. The third-order valence-corrected chi connectivity index (χ3v) is 5.36. The number of amides is 1. The van der Waals surface area contributed by atoms with E-state index in [0.29, 0.717) is 30.0 Å². The Labute approximate surface area is 196 Å². The quantitative estimate of drug-likeness (QED) is 0.477. The molecule has 0 radical (unpaired) electrons. The first-order valence-electron chi connectivity index (χ1n) is 10.8. The molecule has 0 atom stereocenters. The lowest BCUT2D eigenvalue weighted by molar-refractivity contribution is -0.115. The lowest BCUT2D eigenvalue weighted by atomic mass is 10.1. The SMILES string of the molecule is CNc1nc(OC2=CC(=O)CCC2)n(Cc2ccc(Cl)cc2)c1C(=O)NCCCC(C)(F)F. The average Bonchev–Trinajstić information content (AvgIpc) is 3.09. The van der Waals surface area contributed by atoms with E-state index < -0.39 is 11.8 Å². The van der Waals surface area contributed by atoms with Crippen LogP contribution in [-0.2, 0) is 11.3 Å². The Morgan fingerprint density at radius 1 is 1.27 bits per heavy atom. The molecule has 178 valence electrons. The molecule has 2 aromatic rings. The Morgan fingerprint density at radius 3 is 2.64 bits per heavy atom. The van der Waals surface area contributed by atoms with E-state index in [1.807, 2.05) is 12.1 Å². The molecule has 1 amide bonds. The molecule has 0 spiro atoms. The zero-order valence-corrected chi connectivity index (χ0v) is 19.3. The fourth-order valence-corrected chi connectivity index (χ4v) is 3.60. The number of carbonyl (C=O) groups excluding carboxylic acids is 2. The van der Waals surface area contributed by atoms with Crippen LogP contribution in [0.2, 0.25) is 5.02 Å². The molecule has 2 N–H and O–H groups in total. The van der Waals surface area contributed by atoms with E-state index in [2.05, 4.69) is 15.6 Å². The van der Waals surface area contributed by atoms with Crippen molar-refractivity contribution in [3.63, 3.8) is 0 Å². The summed E-state index contributed by atoms with van der Waals surface area (Å²) in [5.41, 5.74) is 1.05. The third-order valence-electron chi connectivity index (χ3n) is 5.11. The second kappa shape index (κ2) is 10.8. The molecular formula is C23H27ClF2N4O3. The number of imidazole rings is 1. The summed E-state index contributed by atoms with van der Waals surface area (Å²) in [6.45, 7) is 1.19. The van der Waals surface area contributed by atoms with Crippen LogP contribution in [0.25, 0.3) is 0 Å². The predicted molar refractivity (Wildman–Crippen MR) is 122 cm³/mol. The van der Waals surface area contributed by atoms with Gasteiger partial charge in [-0.2, -0.15) is 4.98 Å². The molecule has 7 nitrogen and oxygen atoms in total. The summed E-state index contributed by atoms with van der Waals surface area (Å²) < 4.78 is 33.7. The number of hydrogen-bond donors (Lipinski definition) is 2. The molecule has 0 fully saturated rings. The fourth-order valence-electron chi connectivity index (χ4n) is 3.48. The minimum absolute atomic E-state index is 0.0217. The molecule has 1 aliphatic carbocycles. The van der Waals surface area contributed by atoms with Crippen LogP contribution >= 0.6 is 11.6 Å². The van der Waals surface area contributed by atoms with Crippen molar-refractivity contribution in [3.8, 4) is 6.01 Å². The zero-order chi connectivity index (χ0) is 24.0. The fraction of sp³-hybridized carbons (Fsp3) is 0.435. The molecule has 0 unspecified atom stereocenters. The first-order chi connectivity index (χ1) is 15.7. The zero-order valence-electron chi connectivity index (χ0n) is 18.6. The third kappa shape index (κ3) is 7.02. The molecule has 1 aliphatic rings. The molecule has 1 heterocycles. The Morgan fingerprint density at radius 2 is 2.00 bits per heavy atom. The lowest BCUT2D eigenvalue weighted by Crippen LogP contribution is -2.29. The Bertz CT molecular complexity index is 1030.